The molecule has 0 saturated carbocycles. The number of likely N-dealkylation sites (tertiary alicyclic amines) is 1. The van der Waals surface area contributed by atoms with Crippen LogP contribution in [0, 0.1) is 12.7 Å². The Bertz CT molecular complexity index is 936. The average molecular weight is 371 g/mol. The molecule has 0 radical (unpaired) electrons. The van der Waals surface area contributed by atoms with Gasteiger partial charge in [-0.05, 0) is 31.0 Å². The predicted octanol–water partition coefficient (Wildman–Crippen LogP) is 3.80. The van der Waals surface area contributed by atoms with Crippen molar-refractivity contribution >= 4 is 17.2 Å². The SMILES string of the molecule is Cc1ncsc1C(=O)N1CC[C@H](c2ncc(Cc3cccc(F)c3)o2)C1. The van der Waals surface area contributed by atoms with Gasteiger partial charge in [0.1, 0.15) is 16.5 Å². The summed E-state index contributed by atoms with van der Waals surface area (Å²) in [5.41, 5.74) is 3.32. The second-order valence-corrected chi connectivity index (χ2v) is 7.33. The Morgan fingerprint density at radius 3 is 3.08 bits per heavy atom. The minimum Gasteiger partial charge on any atom is -0.445 e. The molecule has 0 unspecified atom stereocenters. The molecular weight excluding hydrogens is 353 g/mol. The molecule has 1 atom stereocenters. The molecule has 134 valence electrons. The number of oxazole rings is 1. The van der Waals surface area contributed by atoms with Gasteiger partial charge in [0.05, 0.1) is 23.3 Å². The molecule has 1 aromatic carbocycles. The molecule has 26 heavy (non-hydrogen) atoms. The summed E-state index contributed by atoms with van der Waals surface area (Å²) in [4.78, 5) is 23.7. The molecule has 1 aliphatic rings. The number of aromatic nitrogens is 2. The molecule has 1 amide bonds. The first-order valence-electron chi connectivity index (χ1n) is 8.48. The van der Waals surface area contributed by atoms with Crippen LogP contribution in [-0.2, 0) is 6.42 Å². The lowest BCUT2D eigenvalue weighted by molar-refractivity contribution is 0.0793. The summed E-state index contributed by atoms with van der Waals surface area (Å²) in [5, 5.41) is 0. The Kier molecular flexibility index (Phi) is 4.55. The lowest BCUT2D eigenvalue weighted by Gasteiger charge is -2.14. The van der Waals surface area contributed by atoms with E-state index in [1.54, 1.807) is 17.8 Å². The van der Waals surface area contributed by atoms with E-state index in [9.17, 15) is 9.18 Å². The molecule has 0 bridgehead atoms. The van der Waals surface area contributed by atoms with Crippen LogP contribution in [0.4, 0.5) is 4.39 Å². The standard InChI is InChI=1S/C19H18FN3O2S/c1-12-17(26-11-22-12)19(24)23-6-5-14(10-23)18-21-9-16(25-18)8-13-3-2-4-15(20)7-13/h2-4,7,9,11,14H,5-6,8,10H2,1H3/t14-/m0/s1. The fraction of sp³-hybridized carbons (Fsp3) is 0.316. The Morgan fingerprint density at radius 2 is 2.31 bits per heavy atom. The van der Waals surface area contributed by atoms with Gasteiger partial charge in [0.25, 0.3) is 5.91 Å². The molecule has 0 N–H and O–H groups in total. The number of benzene rings is 1. The second kappa shape index (κ2) is 6.99. The summed E-state index contributed by atoms with van der Waals surface area (Å²) in [6.07, 6.45) is 3.02. The maximum absolute atomic E-state index is 13.3. The number of halogens is 1. The van der Waals surface area contributed by atoms with Gasteiger partial charge in [-0.3, -0.25) is 4.79 Å². The number of aryl methyl sites for hydroxylation is 1. The summed E-state index contributed by atoms with van der Waals surface area (Å²) in [6, 6.07) is 6.46. The topological polar surface area (TPSA) is 59.2 Å². The fourth-order valence-electron chi connectivity index (χ4n) is 3.24. The van der Waals surface area contributed by atoms with E-state index >= 15 is 0 Å². The van der Waals surface area contributed by atoms with Crippen molar-refractivity contribution in [2.24, 2.45) is 0 Å². The van der Waals surface area contributed by atoms with Gasteiger partial charge < -0.3 is 9.32 Å². The van der Waals surface area contributed by atoms with Crippen molar-refractivity contribution in [3.8, 4) is 0 Å². The number of amides is 1. The van der Waals surface area contributed by atoms with E-state index in [4.69, 9.17) is 4.42 Å². The number of hydrogen-bond donors (Lipinski definition) is 0. The molecule has 3 heterocycles. The molecule has 1 fully saturated rings. The van der Waals surface area contributed by atoms with E-state index < -0.39 is 0 Å². The number of thiazole rings is 1. The number of nitrogens with zero attached hydrogens (tertiary/aromatic N) is 3. The van der Waals surface area contributed by atoms with E-state index in [0.29, 0.717) is 36.0 Å². The zero-order valence-corrected chi connectivity index (χ0v) is 15.1. The van der Waals surface area contributed by atoms with E-state index in [2.05, 4.69) is 9.97 Å². The van der Waals surface area contributed by atoms with E-state index in [0.717, 1.165) is 17.7 Å². The van der Waals surface area contributed by atoms with E-state index in [1.165, 1.54) is 23.5 Å². The summed E-state index contributed by atoms with van der Waals surface area (Å²) < 4.78 is 19.2. The fourth-order valence-corrected chi connectivity index (χ4v) is 4.01. The summed E-state index contributed by atoms with van der Waals surface area (Å²) in [7, 11) is 0. The molecule has 3 aromatic rings. The van der Waals surface area contributed by atoms with Crippen LogP contribution < -0.4 is 0 Å². The largest absolute Gasteiger partial charge is 0.445 e. The highest BCUT2D eigenvalue weighted by molar-refractivity contribution is 7.11. The van der Waals surface area contributed by atoms with Crippen molar-refractivity contribution in [2.45, 2.75) is 25.7 Å². The Hall–Kier alpha value is -2.54. The third-order valence-corrected chi connectivity index (χ3v) is 5.52. The second-order valence-electron chi connectivity index (χ2n) is 6.48. The highest BCUT2D eigenvalue weighted by atomic mass is 32.1. The molecule has 5 nitrogen and oxygen atoms in total. The smallest absolute Gasteiger partial charge is 0.265 e. The Morgan fingerprint density at radius 1 is 1.42 bits per heavy atom. The van der Waals surface area contributed by atoms with Crippen molar-refractivity contribution in [1.82, 2.24) is 14.9 Å². The van der Waals surface area contributed by atoms with Gasteiger partial charge in [-0.25, -0.2) is 14.4 Å². The number of carbonyl (C=O) groups excluding carboxylic acids is 1. The predicted molar refractivity (Wildman–Crippen MR) is 95.8 cm³/mol. The monoisotopic (exact) mass is 371 g/mol. The first-order valence-corrected chi connectivity index (χ1v) is 9.36. The highest BCUT2D eigenvalue weighted by Crippen LogP contribution is 2.29. The van der Waals surface area contributed by atoms with Gasteiger partial charge >= 0.3 is 0 Å². The van der Waals surface area contributed by atoms with Crippen LogP contribution in [0.1, 0.15) is 44.9 Å². The summed E-state index contributed by atoms with van der Waals surface area (Å²) >= 11 is 1.38. The molecular formula is C19H18FN3O2S. The van der Waals surface area contributed by atoms with Crippen molar-refractivity contribution in [1.29, 1.82) is 0 Å². The first kappa shape index (κ1) is 16.9. The van der Waals surface area contributed by atoms with Crippen molar-refractivity contribution in [3.05, 3.63) is 69.6 Å². The maximum atomic E-state index is 13.3. The number of hydrogen-bond acceptors (Lipinski definition) is 5. The lowest BCUT2D eigenvalue weighted by Crippen LogP contribution is -2.28. The van der Waals surface area contributed by atoms with Crippen LogP contribution in [0.5, 0.6) is 0 Å². The first-order chi connectivity index (χ1) is 12.6. The van der Waals surface area contributed by atoms with E-state index in [-0.39, 0.29) is 17.6 Å². The van der Waals surface area contributed by atoms with Gasteiger partial charge in [0, 0.05) is 19.5 Å². The van der Waals surface area contributed by atoms with Crippen LogP contribution in [0.3, 0.4) is 0 Å². The molecule has 1 aliphatic heterocycles. The minimum absolute atomic E-state index is 0.0269. The Labute approximate surface area is 154 Å². The lowest BCUT2D eigenvalue weighted by atomic mass is 10.1. The summed E-state index contributed by atoms with van der Waals surface area (Å²) in [6.45, 7) is 3.13. The van der Waals surface area contributed by atoms with Crippen LogP contribution >= 0.6 is 11.3 Å². The van der Waals surface area contributed by atoms with Crippen molar-refractivity contribution in [2.75, 3.05) is 13.1 Å². The number of carbonyl (C=O) groups is 1. The quantitative estimate of drug-likeness (QED) is 0.700. The highest BCUT2D eigenvalue weighted by Gasteiger charge is 2.32. The van der Waals surface area contributed by atoms with E-state index in [1.807, 2.05) is 17.9 Å². The Balaban J connectivity index is 1.42. The van der Waals surface area contributed by atoms with Crippen molar-refractivity contribution < 1.29 is 13.6 Å². The van der Waals surface area contributed by atoms with Crippen LogP contribution in [0.25, 0.3) is 0 Å². The van der Waals surface area contributed by atoms with Gasteiger partial charge in [-0.2, -0.15) is 0 Å². The van der Waals surface area contributed by atoms with Gasteiger partial charge in [-0.15, -0.1) is 11.3 Å². The van der Waals surface area contributed by atoms with Crippen LogP contribution in [0.15, 0.2) is 40.4 Å². The minimum atomic E-state index is -0.259. The normalized spacial score (nSPS) is 17.0. The van der Waals surface area contributed by atoms with Gasteiger partial charge in [0.2, 0.25) is 0 Å². The molecule has 2 aromatic heterocycles. The van der Waals surface area contributed by atoms with Gasteiger partial charge in [-0.1, -0.05) is 12.1 Å². The molecule has 0 aliphatic carbocycles. The van der Waals surface area contributed by atoms with Crippen LogP contribution in [-0.4, -0.2) is 33.9 Å². The third-order valence-electron chi connectivity index (χ3n) is 4.60. The van der Waals surface area contributed by atoms with Gasteiger partial charge in [0.15, 0.2) is 5.89 Å². The molecule has 1 saturated heterocycles. The van der Waals surface area contributed by atoms with Crippen LogP contribution in [0.2, 0.25) is 0 Å². The maximum Gasteiger partial charge on any atom is 0.265 e. The zero-order chi connectivity index (χ0) is 18.1. The third kappa shape index (κ3) is 3.39. The summed E-state index contributed by atoms with van der Waals surface area (Å²) in [5.74, 6) is 1.21. The van der Waals surface area contributed by atoms with Crippen molar-refractivity contribution in [3.63, 3.8) is 0 Å². The number of rotatable bonds is 4. The average Bonchev–Trinajstić information content (AvgIpc) is 3.34. The zero-order valence-electron chi connectivity index (χ0n) is 14.3. The molecule has 0 spiro atoms. The molecule has 4 rings (SSSR count). The molecule has 7 heteroatoms.